The van der Waals surface area contributed by atoms with Gasteiger partial charge in [0.15, 0.2) is 0 Å². The maximum atomic E-state index is 12.9. The second-order valence-corrected chi connectivity index (χ2v) is 9.29. The van der Waals surface area contributed by atoms with Gasteiger partial charge in [-0.25, -0.2) is 0 Å². The molecule has 0 fully saturated rings. The van der Waals surface area contributed by atoms with Gasteiger partial charge >= 0.3 is 0 Å². The summed E-state index contributed by atoms with van der Waals surface area (Å²) in [5.74, 6) is 0.609. The Morgan fingerprint density at radius 3 is 2.09 bits per heavy atom. The maximum Gasteiger partial charge on any atom is 0.253 e. The molecule has 2 atom stereocenters. The standard InChI is InChI=1S/C27H48N2O3/c1-6-9-12-25(32-21-22(4)5)19-28-20-26(30)23-13-15-24(16-14-23)27(31)29(17-10-7-2)18-11-8-3/h13-16,22,25-26,28,30H,6-12,17-21H2,1-5H3. The van der Waals surface area contributed by atoms with Crippen LogP contribution in [0.2, 0.25) is 0 Å². The van der Waals surface area contributed by atoms with Crippen LogP contribution in [0.3, 0.4) is 0 Å². The fraction of sp³-hybridized carbons (Fsp3) is 0.741. The number of carbonyl (C=O) groups is 1. The highest BCUT2D eigenvalue weighted by Gasteiger charge is 2.16. The number of rotatable bonds is 18. The van der Waals surface area contributed by atoms with Crippen LogP contribution in [0, 0.1) is 5.92 Å². The summed E-state index contributed by atoms with van der Waals surface area (Å²) in [7, 11) is 0. The van der Waals surface area contributed by atoms with Crippen molar-refractivity contribution in [1.82, 2.24) is 10.2 Å². The first kappa shape index (κ1) is 28.6. The van der Waals surface area contributed by atoms with Crippen molar-refractivity contribution in [3.63, 3.8) is 0 Å². The molecule has 0 bridgehead atoms. The van der Waals surface area contributed by atoms with E-state index in [0.29, 0.717) is 18.0 Å². The Morgan fingerprint density at radius 1 is 0.969 bits per heavy atom. The zero-order valence-corrected chi connectivity index (χ0v) is 21.2. The number of hydrogen-bond acceptors (Lipinski definition) is 4. The van der Waals surface area contributed by atoms with Crippen LogP contribution in [0.15, 0.2) is 24.3 Å². The molecule has 0 aromatic heterocycles. The first-order valence-electron chi connectivity index (χ1n) is 12.8. The normalized spacial score (nSPS) is 13.3. The van der Waals surface area contributed by atoms with Crippen LogP contribution in [0.1, 0.15) is 102 Å². The average molecular weight is 449 g/mol. The number of hydrogen-bond donors (Lipinski definition) is 2. The highest BCUT2D eigenvalue weighted by Crippen LogP contribution is 2.16. The lowest BCUT2D eigenvalue weighted by Gasteiger charge is -2.23. The fourth-order valence-electron chi connectivity index (χ4n) is 3.55. The van der Waals surface area contributed by atoms with E-state index in [-0.39, 0.29) is 12.0 Å². The van der Waals surface area contributed by atoms with Crippen LogP contribution in [-0.2, 0) is 4.74 Å². The van der Waals surface area contributed by atoms with Crippen molar-refractivity contribution in [3.8, 4) is 0 Å². The molecule has 1 rings (SSSR count). The molecule has 1 aromatic carbocycles. The molecule has 0 aliphatic heterocycles. The maximum absolute atomic E-state index is 12.9. The molecule has 1 amide bonds. The quantitative estimate of drug-likeness (QED) is 0.308. The summed E-state index contributed by atoms with van der Waals surface area (Å²) in [5.41, 5.74) is 1.53. The van der Waals surface area contributed by atoms with E-state index in [0.717, 1.165) is 76.8 Å². The van der Waals surface area contributed by atoms with Crippen molar-refractivity contribution in [1.29, 1.82) is 0 Å². The summed E-state index contributed by atoms with van der Waals surface area (Å²) >= 11 is 0. The molecule has 32 heavy (non-hydrogen) atoms. The van der Waals surface area contributed by atoms with Gasteiger partial charge in [0.1, 0.15) is 0 Å². The minimum Gasteiger partial charge on any atom is -0.387 e. The number of nitrogens with one attached hydrogen (secondary N) is 1. The van der Waals surface area contributed by atoms with E-state index in [1.807, 2.05) is 29.2 Å². The van der Waals surface area contributed by atoms with Crippen LogP contribution in [-0.4, -0.2) is 54.8 Å². The molecule has 0 aliphatic carbocycles. The van der Waals surface area contributed by atoms with Gasteiger partial charge in [-0.2, -0.15) is 0 Å². The first-order chi connectivity index (χ1) is 15.4. The largest absolute Gasteiger partial charge is 0.387 e. The summed E-state index contributed by atoms with van der Waals surface area (Å²) < 4.78 is 6.03. The number of carbonyl (C=O) groups excluding carboxylic acids is 1. The molecule has 1 aromatic rings. The average Bonchev–Trinajstić information content (AvgIpc) is 2.80. The summed E-state index contributed by atoms with van der Waals surface area (Å²) in [5, 5.41) is 14.0. The van der Waals surface area contributed by atoms with Gasteiger partial charge in [0.25, 0.3) is 5.91 Å². The number of aliphatic hydroxyl groups is 1. The number of amides is 1. The van der Waals surface area contributed by atoms with Gasteiger partial charge in [0.05, 0.1) is 12.2 Å². The van der Waals surface area contributed by atoms with Crippen LogP contribution in [0.25, 0.3) is 0 Å². The summed E-state index contributed by atoms with van der Waals surface area (Å²) in [6.07, 6.45) is 7.13. The van der Waals surface area contributed by atoms with Crippen molar-refractivity contribution >= 4 is 5.91 Å². The Morgan fingerprint density at radius 2 is 1.56 bits per heavy atom. The van der Waals surface area contributed by atoms with Gasteiger partial charge < -0.3 is 20.1 Å². The van der Waals surface area contributed by atoms with Crippen LogP contribution < -0.4 is 5.32 Å². The van der Waals surface area contributed by atoms with Gasteiger partial charge in [-0.1, -0.05) is 72.4 Å². The Labute approximate surface area is 196 Å². The van der Waals surface area contributed by atoms with Gasteiger partial charge in [-0.3, -0.25) is 4.79 Å². The third-order valence-corrected chi connectivity index (χ3v) is 5.65. The summed E-state index contributed by atoms with van der Waals surface area (Å²) in [6.45, 7) is 14.4. The molecule has 5 nitrogen and oxygen atoms in total. The lowest BCUT2D eigenvalue weighted by Crippen LogP contribution is -2.33. The third kappa shape index (κ3) is 11.4. The molecule has 0 aliphatic rings. The van der Waals surface area contributed by atoms with Gasteiger partial charge in [0.2, 0.25) is 0 Å². The molecule has 5 heteroatoms. The minimum atomic E-state index is -0.604. The van der Waals surface area contributed by atoms with Crippen LogP contribution in [0.4, 0.5) is 0 Å². The van der Waals surface area contributed by atoms with Gasteiger partial charge in [-0.15, -0.1) is 0 Å². The van der Waals surface area contributed by atoms with E-state index in [1.54, 1.807) is 0 Å². The fourth-order valence-corrected chi connectivity index (χ4v) is 3.55. The molecule has 0 radical (unpaired) electrons. The lowest BCUT2D eigenvalue weighted by atomic mass is 10.1. The molecule has 0 heterocycles. The second kappa shape index (κ2) is 17.1. The Bertz CT molecular complexity index is 595. The van der Waals surface area contributed by atoms with Crippen LogP contribution >= 0.6 is 0 Å². The number of benzene rings is 1. The third-order valence-electron chi connectivity index (χ3n) is 5.65. The Kier molecular flexibility index (Phi) is 15.3. The molecular weight excluding hydrogens is 400 g/mol. The number of unbranched alkanes of at least 4 members (excludes halogenated alkanes) is 3. The lowest BCUT2D eigenvalue weighted by molar-refractivity contribution is 0.0277. The van der Waals surface area contributed by atoms with Crippen molar-refractivity contribution < 1.29 is 14.6 Å². The molecule has 0 saturated carbocycles. The summed E-state index contributed by atoms with van der Waals surface area (Å²) in [4.78, 5) is 14.9. The van der Waals surface area contributed by atoms with Crippen molar-refractivity contribution in [2.45, 2.75) is 91.8 Å². The summed E-state index contributed by atoms with van der Waals surface area (Å²) in [6, 6.07) is 7.45. The number of ether oxygens (including phenoxy) is 1. The first-order valence-corrected chi connectivity index (χ1v) is 12.8. The zero-order chi connectivity index (χ0) is 23.8. The van der Waals surface area contributed by atoms with Crippen molar-refractivity contribution in [2.75, 3.05) is 32.8 Å². The predicted octanol–water partition coefficient (Wildman–Crippen LogP) is 5.58. The van der Waals surface area contributed by atoms with E-state index in [9.17, 15) is 9.90 Å². The topological polar surface area (TPSA) is 61.8 Å². The van der Waals surface area contributed by atoms with E-state index in [1.165, 1.54) is 0 Å². The smallest absolute Gasteiger partial charge is 0.253 e. The molecule has 184 valence electrons. The van der Waals surface area contributed by atoms with Crippen LogP contribution in [0.5, 0.6) is 0 Å². The Balaban J connectivity index is 2.59. The molecule has 0 saturated heterocycles. The van der Waals surface area contributed by atoms with E-state index >= 15 is 0 Å². The Hall–Kier alpha value is -1.43. The van der Waals surface area contributed by atoms with Gasteiger partial charge in [-0.05, 0) is 42.9 Å². The van der Waals surface area contributed by atoms with Crippen molar-refractivity contribution in [3.05, 3.63) is 35.4 Å². The molecular formula is C27H48N2O3. The zero-order valence-electron chi connectivity index (χ0n) is 21.2. The number of nitrogens with zero attached hydrogens (tertiary/aromatic N) is 1. The second-order valence-electron chi connectivity index (χ2n) is 9.29. The predicted molar refractivity (Wildman–Crippen MR) is 134 cm³/mol. The number of aliphatic hydroxyl groups excluding tert-OH is 1. The monoisotopic (exact) mass is 448 g/mol. The van der Waals surface area contributed by atoms with E-state index < -0.39 is 6.10 Å². The van der Waals surface area contributed by atoms with E-state index in [2.05, 4.69) is 39.9 Å². The molecule has 0 spiro atoms. The highest BCUT2D eigenvalue weighted by atomic mass is 16.5. The van der Waals surface area contributed by atoms with Crippen molar-refractivity contribution in [2.24, 2.45) is 5.92 Å². The van der Waals surface area contributed by atoms with Gasteiger partial charge in [0, 0.05) is 38.3 Å². The SMILES string of the molecule is CCCCC(CNCC(O)c1ccc(C(=O)N(CCCC)CCCC)cc1)OCC(C)C. The highest BCUT2D eigenvalue weighted by molar-refractivity contribution is 5.94. The minimum absolute atomic E-state index is 0.0899. The molecule has 2 N–H and O–H groups in total. The molecule has 2 unspecified atom stereocenters. The van der Waals surface area contributed by atoms with E-state index in [4.69, 9.17) is 4.74 Å².